The summed E-state index contributed by atoms with van der Waals surface area (Å²) in [5.41, 5.74) is 1.77. The summed E-state index contributed by atoms with van der Waals surface area (Å²) in [6.07, 6.45) is -0.0637. The fourth-order valence-electron chi connectivity index (χ4n) is 1.48. The number of hydrogen-bond acceptors (Lipinski definition) is 3. The van der Waals surface area contributed by atoms with E-state index in [0.717, 1.165) is 11.1 Å². The third kappa shape index (κ3) is 3.64. The molecule has 4 heteroatoms. The molecule has 0 radical (unpaired) electrons. The maximum atomic E-state index is 10.5. The molecule has 16 heavy (non-hydrogen) atoms. The second kappa shape index (κ2) is 6.25. The molecule has 0 aliphatic carbocycles. The maximum Gasteiger partial charge on any atom is 0.307 e. The Morgan fingerprint density at radius 2 is 1.94 bits per heavy atom. The predicted molar refractivity (Wildman–Crippen MR) is 59.4 cm³/mol. The van der Waals surface area contributed by atoms with E-state index >= 15 is 0 Å². The molecule has 0 amide bonds. The first kappa shape index (κ1) is 12.7. The molecule has 1 aromatic carbocycles. The van der Waals surface area contributed by atoms with Crippen LogP contribution in [0.15, 0.2) is 24.3 Å². The molecular weight excluding hydrogens is 208 g/mol. The summed E-state index contributed by atoms with van der Waals surface area (Å²) in [5.74, 6) is -0.826. The number of benzene rings is 1. The zero-order valence-electron chi connectivity index (χ0n) is 9.47. The monoisotopic (exact) mass is 224 g/mol. The van der Waals surface area contributed by atoms with Gasteiger partial charge >= 0.3 is 5.97 Å². The number of ether oxygens (including phenoxy) is 2. The number of carboxylic acids is 1. The molecule has 0 fully saturated rings. The van der Waals surface area contributed by atoms with Crippen molar-refractivity contribution in [3.05, 3.63) is 35.4 Å². The number of carboxylic acid groups (broad SMARTS) is 1. The van der Waals surface area contributed by atoms with Crippen LogP contribution in [-0.4, -0.2) is 31.9 Å². The van der Waals surface area contributed by atoms with Crippen molar-refractivity contribution < 1.29 is 19.4 Å². The van der Waals surface area contributed by atoms with Gasteiger partial charge in [0, 0.05) is 14.2 Å². The molecule has 1 rings (SSSR count). The summed E-state index contributed by atoms with van der Waals surface area (Å²) in [7, 11) is 3.24. The minimum atomic E-state index is -0.826. The Morgan fingerprint density at radius 1 is 1.31 bits per heavy atom. The van der Waals surface area contributed by atoms with Crippen LogP contribution in [0.25, 0.3) is 0 Å². The van der Waals surface area contributed by atoms with Gasteiger partial charge in [-0.1, -0.05) is 24.3 Å². The maximum absolute atomic E-state index is 10.5. The van der Waals surface area contributed by atoms with Crippen LogP contribution in [0.5, 0.6) is 0 Å². The first-order chi connectivity index (χ1) is 7.67. The Bertz CT molecular complexity index is 331. The van der Waals surface area contributed by atoms with Gasteiger partial charge in [0.25, 0.3) is 0 Å². The van der Waals surface area contributed by atoms with Crippen molar-refractivity contribution in [2.45, 2.75) is 12.5 Å². The zero-order chi connectivity index (χ0) is 12.0. The lowest BCUT2D eigenvalue weighted by molar-refractivity contribution is -0.136. The molecule has 1 N–H and O–H groups in total. The molecule has 0 saturated heterocycles. The molecule has 1 atom stereocenters. The van der Waals surface area contributed by atoms with Gasteiger partial charge in [0.15, 0.2) is 0 Å². The van der Waals surface area contributed by atoms with Crippen LogP contribution in [-0.2, 0) is 20.7 Å². The van der Waals surface area contributed by atoms with Gasteiger partial charge in [-0.15, -0.1) is 0 Å². The Balaban J connectivity index is 2.72. The minimum absolute atomic E-state index is 0.0439. The van der Waals surface area contributed by atoms with Crippen molar-refractivity contribution in [1.29, 1.82) is 0 Å². The van der Waals surface area contributed by atoms with Crippen LogP contribution in [0.2, 0.25) is 0 Å². The second-order valence-corrected chi connectivity index (χ2v) is 3.49. The minimum Gasteiger partial charge on any atom is -0.481 e. The van der Waals surface area contributed by atoms with E-state index in [-0.39, 0.29) is 12.5 Å². The van der Waals surface area contributed by atoms with Gasteiger partial charge in [-0.3, -0.25) is 4.79 Å². The molecule has 1 aromatic rings. The average molecular weight is 224 g/mol. The lowest BCUT2D eigenvalue weighted by Gasteiger charge is -2.14. The molecule has 4 nitrogen and oxygen atoms in total. The largest absolute Gasteiger partial charge is 0.481 e. The molecule has 0 aromatic heterocycles. The van der Waals surface area contributed by atoms with Crippen molar-refractivity contribution in [2.24, 2.45) is 0 Å². The van der Waals surface area contributed by atoms with Crippen LogP contribution in [0.3, 0.4) is 0 Å². The van der Waals surface area contributed by atoms with E-state index in [1.165, 1.54) is 0 Å². The average Bonchev–Trinajstić information content (AvgIpc) is 2.26. The summed E-state index contributed by atoms with van der Waals surface area (Å²) in [6, 6.07) is 7.33. The third-order valence-corrected chi connectivity index (χ3v) is 2.31. The highest BCUT2D eigenvalue weighted by molar-refractivity contribution is 5.70. The molecule has 0 aliphatic rings. The molecule has 0 aliphatic heterocycles. The van der Waals surface area contributed by atoms with Crippen molar-refractivity contribution in [2.75, 3.05) is 20.8 Å². The zero-order valence-corrected chi connectivity index (χ0v) is 9.47. The van der Waals surface area contributed by atoms with Crippen LogP contribution < -0.4 is 0 Å². The molecule has 88 valence electrons. The Kier molecular flexibility index (Phi) is 4.95. The van der Waals surface area contributed by atoms with Crippen molar-refractivity contribution in [3.8, 4) is 0 Å². The fraction of sp³-hybridized carbons (Fsp3) is 0.417. The quantitative estimate of drug-likeness (QED) is 0.798. The number of methoxy groups -OCH3 is 2. The highest BCUT2D eigenvalue weighted by atomic mass is 16.5. The summed E-state index contributed by atoms with van der Waals surface area (Å²) in [4.78, 5) is 10.5. The van der Waals surface area contributed by atoms with Gasteiger partial charge in [-0.2, -0.15) is 0 Å². The van der Waals surface area contributed by atoms with Crippen LogP contribution in [0, 0.1) is 0 Å². The smallest absolute Gasteiger partial charge is 0.307 e. The normalized spacial score (nSPS) is 12.4. The third-order valence-electron chi connectivity index (χ3n) is 2.31. The topological polar surface area (TPSA) is 55.8 Å². The van der Waals surface area contributed by atoms with E-state index in [0.29, 0.717) is 6.61 Å². The van der Waals surface area contributed by atoms with E-state index in [4.69, 9.17) is 14.6 Å². The van der Waals surface area contributed by atoms with E-state index in [1.54, 1.807) is 26.4 Å². The van der Waals surface area contributed by atoms with Gasteiger partial charge in [-0.25, -0.2) is 0 Å². The first-order valence-corrected chi connectivity index (χ1v) is 4.99. The highest BCUT2D eigenvalue weighted by Crippen LogP contribution is 2.17. The summed E-state index contributed by atoms with van der Waals surface area (Å²) in [5, 5.41) is 8.63. The predicted octanol–water partition coefficient (Wildman–Crippen LogP) is 1.65. The van der Waals surface area contributed by atoms with E-state index in [9.17, 15) is 4.79 Å². The van der Waals surface area contributed by atoms with Crippen LogP contribution >= 0.6 is 0 Å². The van der Waals surface area contributed by atoms with Crippen molar-refractivity contribution >= 4 is 5.97 Å². The van der Waals surface area contributed by atoms with Crippen molar-refractivity contribution in [3.63, 3.8) is 0 Å². The molecule has 0 unspecified atom stereocenters. The van der Waals surface area contributed by atoms with Crippen LogP contribution in [0.4, 0.5) is 0 Å². The highest BCUT2D eigenvalue weighted by Gasteiger charge is 2.10. The van der Waals surface area contributed by atoms with Gasteiger partial charge in [-0.05, 0) is 11.1 Å². The number of rotatable bonds is 6. The second-order valence-electron chi connectivity index (χ2n) is 3.49. The molecule has 0 saturated carbocycles. The van der Waals surface area contributed by atoms with Crippen LogP contribution in [0.1, 0.15) is 17.2 Å². The summed E-state index contributed by atoms with van der Waals surface area (Å²) >= 11 is 0. The molecule has 0 spiro atoms. The standard InChI is InChI=1S/C12H16O4/c1-15-8-11(16-2)10-5-3-9(4-6-10)7-12(13)14/h3-6,11H,7-8H2,1-2H3,(H,13,14)/t11-/m1/s1. The van der Waals surface area contributed by atoms with Gasteiger partial charge in [0.2, 0.25) is 0 Å². The molecule has 0 heterocycles. The fourth-order valence-corrected chi connectivity index (χ4v) is 1.48. The Morgan fingerprint density at radius 3 is 2.38 bits per heavy atom. The first-order valence-electron chi connectivity index (χ1n) is 4.99. The number of carbonyl (C=O) groups is 1. The summed E-state index contributed by atoms with van der Waals surface area (Å²) in [6.45, 7) is 0.481. The lowest BCUT2D eigenvalue weighted by atomic mass is 10.1. The Labute approximate surface area is 94.8 Å². The Hall–Kier alpha value is -1.39. The van der Waals surface area contributed by atoms with E-state index in [2.05, 4.69) is 0 Å². The van der Waals surface area contributed by atoms with Gasteiger partial charge in [0.1, 0.15) is 6.10 Å². The van der Waals surface area contributed by atoms with E-state index in [1.807, 2.05) is 12.1 Å². The number of hydrogen-bond donors (Lipinski definition) is 1. The van der Waals surface area contributed by atoms with Crippen molar-refractivity contribution in [1.82, 2.24) is 0 Å². The van der Waals surface area contributed by atoms with Gasteiger partial charge in [0.05, 0.1) is 13.0 Å². The lowest BCUT2D eigenvalue weighted by Crippen LogP contribution is -2.08. The SMILES string of the molecule is COC[C@@H](OC)c1ccc(CC(=O)O)cc1. The molecule has 0 bridgehead atoms. The van der Waals surface area contributed by atoms with E-state index < -0.39 is 5.97 Å². The number of aliphatic carboxylic acids is 1. The summed E-state index contributed by atoms with van der Waals surface area (Å²) < 4.78 is 10.3. The van der Waals surface area contributed by atoms with Gasteiger partial charge < -0.3 is 14.6 Å². The molecular formula is C12H16O4.